The van der Waals surface area contributed by atoms with Crippen molar-refractivity contribution in [1.82, 2.24) is 5.16 Å². The van der Waals surface area contributed by atoms with E-state index in [0.717, 1.165) is 12.1 Å². The van der Waals surface area contributed by atoms with Crippen molar-refractivity contribution in [3.05, 3.63) is 52.5 Å². The molecular weight excluding hydrogens is 543 g/mol. The van der Waals surface area contributed by atoms with Gasteiger partial charge in [-0.15, -0.1) is 0 Å². The second-order valence-corrected chi connectivity index (χ2v) is 10.5. The quantitative estimate of drug-likeness (QED) is 0.459. The topological polar surface area (TPSA) is 126 Å². The third kappa shape index (κ3) is 3.64. The first-order chi connectivity index (χ1) is 18.4. The summed E-state index contributed by atoms with van der Waals surface area (Å²) in [6.07, 6.45) is -5.88. The number of carbonyl (C=O) groups is 2. The third-order valence-corrected chi connectivity index (χ3v) is 8.20. The maximum Gasteiger partial charge on any atom is 0.417 e. The van der Waals surface area contributed by atoms with E-state index in [1.807, 2.05) is 0 Å². The van der Waals surface area contributed by atoms with Crippen LogP contribution in [0.3, 0.4) is 0 Å². The van der Waals surface area contributed by atoms with Crippen LogP contribution in [-0.4, -0.2) is 46.0 Å². The zero-order valence-corrected chi connectivity index (χ0v) is 20.9. The number of halogens is 4. The van der Waals surface area contributed by atoms with E-state index in [2.05, 4.69) is 5.16 Å². The lowest BCUT2D eigenvalue weighted by Crippen LogP contribution is -2.49. The van der Waals surface area contributed by atoms with E-state index >= 15 is 0 Å². The average Bonchev–Trinajstić information content (AvgIpc) is 3.55. The number of aromatic nitrogens is 1. The molecule has 3 aliphatic heterocycles. The highest BCUT2D eigenvalue weighted by atomic mass is 35.5. The van der Waals surface area contributed by atoms with Crippen LogP contribution in [0.2, 0.25) is 5.02 Å². The van der Waals surface area contributed by atoms with Crippen molar-refractivity contribution < 1.29 is 41.9 Å². The lowest BCUT2D eigenvalue weighted by atomic mass is 9.66. The molecule has 3 aromatic rings. The monoisotopic (exact) mass is 561 g/mol. The van der Waals surface area contributed by atoms with E-state index in [-0.39, 0.29) is 31.0 Å². The molecule has 4 heterocycles. The molecule has 0 radical (unpaired) electrons. The number of alkyl halides is 3. The molecule has 0 aliphatic carbocycles. The summed E-state index contributed by atoms with van der Waals surface area (Å²) in [4.78, 5) is 27.9. The molecule has 1 aromatic heterocycles. The second kappa shape index (κ2) is 8.42. The predicted molar refractivity (Wildman–Crippen MR) is 128 cm³/mol. The molecule has 2 bridgehead atoms. The van der Waals surface area contributed by atoms with Crippen molar-refractivity contribution in [2.75, 3.05) is 11.5 Å². The van der Waals surface area contributed by atoms with Crippen LogP contribution >= 0.6 is 11.6 Å². The molecular formula is C26H19ClF3N3O6. The van der Waals surface area contributed by atoms with E-state index in [1.54, 1.807) is 18.2 Å². The Bertz CT molecular complexity index is 1590. The van der Waals surface area contributed by atoms with Crippen molar-refractivity contribution in [3.63, 3.8) is 0 Å². The minimum atomic E-state index is -4.87. The first-order valence-corrected chi connectivity index (χ1v) is 12.3. The van der Waals surface area contributed by atoms with Gasteiger partial charge in [-0.25, -0.2) is 4.90 Å². The zero-order chi connectivity index (χ0) is 27.9. The van der Waals surface area contributed by atoms with Crippen molar-refractivity contribution in [3.8, 4) is 11.9 Å². The largest absolute Gasteiger partial charge is 0.475 e. The molecule has 9 nitrogen and oxygen atoms in total. The Morgan fingerprint density at radius 3 is 2.69 bits per heavy atom. The molecule has 3 fully saturated rings. The van der Waals surface area contributed by atoms with Gasteiger partial charge in [0.2, 0.25) is 11.8 Å². The van der Waals surface area contributed by atoms with Crippen LogP contribution in [0.4, 0.5) is 18.9 Å². The summed E-state index contributed by atoms with van der Waals surface area (Å²) >= 11 is 6.05. The Morgan fingerprint density at radius 1 is 1.23 bits per heavy atom. The van der Waals surface area contributed by atoms with Gasteiger partial charge >= 0.3 is 6.18 Å². The number of nitriles is 1. The fourth-order valence-corrected chi connectivity index (χ4v) is 6.37. The van der Waals surface area contributed by atoms with Crippen molar-refractivity contribution in [2.24, 2.45) is 11.8 Å². The van der Waals surface area contributed by atoms with Gasteiger partial charge in [0.25, 0.3) is 5.88 Å². The normalized spacial score (nSPS) is 29.8. The maximum absolute atomic E-state index is 13.7. The highest BCUT2D eigenvalue weighted by molar-refractivity contribution is 6.31. The summed E-state index contributed by atoms with van der Waals surface area (Å²) in [7, 11) is 0. The molecule has 39 heavy (non-hydrogen) atoms. The minimum Gasteiger partial charge on any atom is -0.475 e. The number of imide groups is 1. The molecule has 5 atom stereocenters. The highest BCUT2D eigenvalue weighted by Gasteiger charge is 2.77. The van der Waals surface area contributed by atoms with Gasteiger partial charge in [0, 0.05) is 17.9 Å². The number of benzene rings is 2. The molecule has 3 aliphatic rings. The number of aliphatic hydroxyl groups is 1. The third-order valence-electron chi connectivity index (χ3n) is 7.96. The number of amides is 2. The molecule has 1 N–H and O–H groups in total. The number of nitrogens with zero attached hydrogens (tertiary/aromatic N) is 3. The Kier molecular flexibility index (Phi) is 5.53. The number of carbonyl (C=O) groups excluding carboxylic acids is 2. The van der Waals surface area contributed by atoms with Gasteiger partial charge in [0.15, 0.2) is 5.58 Å². The average molecular weight is 562 g/mol. The van der Waals surface area contributed by atoms with E-state index in [4.69, 9.17) is 30.9 Å². The summed E-state index contributed by atoms with van der Waals surface area (Å²) in [5, 5.41) is 24.8. The van der Waals surface area contributed by atoms with E-state index in [9.17, 15) is 27.9 Å². The van der Waals surface area contributed by atoms with Crippen LogP contribution in [0.15, 0.2) is 40.9 Å². The molecule has 3 saturated heterocycles. The number of hydrogen-bond acceptors (Lipinski definition) is 8. The summed E-state index contributed by atoms with van der Waals surface area (Å²) in [6.45, 7) is 1.49. The number of aliphatic hydroxyl groups excluding tert-OH is 1. The van der Waals surface area contributed by atoms with E-state index in [0.29, 0.717) is 27.0 Å². The fourth-order valence-electron chi connectivity index (χ4n) is 6.20. The molecule has 0 saturated carbocycles. The van der Waals surface area contributed by atoms with Gasteiger partial charge in [-0.3, -0.25) is 9.59 Å². The Balaban J connectivity index is 1.31. The molecule has 2 aromatic carbocycles. The van der Waals surface area contributed by atoms with Crippen molar-refractivity contribution >= 4 is 40.1 Å². The first kappa shape index (κ1) is 25.6. The second-order valence-electron chi connectivity index (χ2n) is 10.1. The number of hydrogen-bond donors (Lipinski definition) is 1. The molecule has 0 unspecified atom stereocenters. The van der Waals surface area contributed by atoms with Crippen molar-refractivity contribution in [2.45, 2.75) is 43.2 Å². The summed E-state index contributed by atoms with van der Waals surface area (Å²) in [5.74, 6) is -3.53. The van der Waals surface area contributed by atoms with Gasteiger partial charge in [-0.2, -0.15) is 18.4 Å². The van der Waals surface area contributed by atoms with Gasteiger partial charge in [0.1, 0.15) is 5.60 Å². The Morgan fingerprint density at radius 2 is 1.97 bits per heavy atom. The van der Waals surface area contributed by atoms with Gasteiger partial charge in [-0.05, 0) is 48.5 Å². The van der Waals surface area contributed by atoms with Gasteiger partial charge < -0.3 is 19.1 Å². The summed E-state index contributed by atoms with van der Waals surface area (Å²) in [5.41, 5.74) is -4.49. The SMILES string of the molecule is C[C@@]12O[C@@](CCOc3noc4ccc(Cl)cc34)(C[C@H]1O)[C@@H]1C(=O)N(c3ccc(C#N)c(C(F)(F)F)c3)C(=O)[C@@H]12. The number of rotatable bonds is 5. The predicted octanol–water partition coefficient (Wildman–Crippen LogP) is 4.24. The van der Waals surface area contributed by atoms with Gasteiger partial charge in [0.05, 0.1) is 58.4 Å². The van der Waals surface area contributed by atoms with Crippen LogP contribution < -0.4 is 9.64 Å². The highest BCUT2D eigenvalue weighted by Crippen LogP contribution is 2.62. The maximum atomic E-state index is 13.7. The number of fused-ring (bicyclic) bond motifs is 6. The van der Waals surface area contributed by atoms with Crippen LogP contribution in [-0.2, 0) is 20.5 Å². The van der Waals surface area contributed by atoms with Crippen molar-refractivity contribution in [1.29, 1.82) is 5.26 Å². The van der Waals surface area contributed by atoms with Crippen LogP contribution in [0.1, 0.15) is 30.9 Å². The number of anilines is 1. The van der Waals surface area contributed by atoms with Crippen LogP contribution in [0, 0.1) is 23.2 Å². The smallest absolute Gasteiger partial charge is 0.417 e. The lowest BCUT2D eigenvalue weighted by Gasteiger charge is -2.33. The molecule has 13 heteroatoms. The Hall–Kier alpha value is -3.66. The van der Waals surface area contributed by atoms with Crippen LogP contribution in [0.5, 0.6) is 5.88 Å². The minimum absolute atomic E-state index is 0.0213. The van der Waals surface area contributed by atoms with E-state index in [1.165, 1.54) is 13.0 Å². The fraction of sp³-hybridized carbons (Fsp3) is 0.385. The van der Waals surface area contributed by atoms with E-state index < -0.39 is 58.3 Å². The molecule has 2 amide bonds. The standard InChI is InChI=1S/C26H19ClF3N3O6/c1-24-18(34)10-25(39-24,6-7-37-21-15-8-13(27)3-5-17(15)38-32-21)20-19(24)22(35)33(23(20)36)14-4-2-12(11-31)16(9-14)26(28,29)30/h2-5,8-9,18-20,34H,6-7,10H2,1H3/t18-,19-,20+,24-,25+/m1/s1. The molecule has 202 valence electrons. The summed E-state index contributed by atoms with van der Waals surface area (Å²) in [6, 6.07) is 9.02. The first-order valence-electron chi connectivity index (χ1n) is 11.9. The molecule has 6 rings (SSSR count). The Labute approximate surface area is 223 Å². The van der Waals surface area contributed by atoms with Gasteiger partial charge in [-0.1, -0.05) is 11.6 Å². The van der Waals surface area contributed by atoms with Crippen LogP contribution in [0.25, 0.3) is 11.0 Å². The number of ether oxygens (including phenoxy) is 2. The summed E-state index contributed by atoms with van der Waals surface area (Å²) < 4.78 is 58.0. The lowest BCUT2D eigenvalue weighted by molar-refractivity contribution is -0.138. The zero-order valence-electron chi connectivity index (χ0n) is 20.2. The molecule has 0 spiro atoms.